The Morgan fingerprint density at radius 1 is 1.42 bits per heavy atom. The number of aryl methyl sites for hydroxylation is 1. The van der Waals surface area contributed by atoms with E-state index in [0.29, 0.717) is 18.2 Å². The summed E-state index contributed by atoms with van der Waals surface area (Å²) in [6.45, 7) is 6.11. The minimum atomic E-state index is -0.0678. The van der Waals surface area contributed by atoms with Crippen LogP contribution in [0.5, 0.6) is 5.88 Å². The third kappa shape index (κ3) is 3.62. The molecule has 6 nitrogen and oxygen atoms in total. The lowest BCUT2D eigenvalue weighted by Gasteiger charge is -2.14. The summed E-state index contributed by atoms with van der Waals surface area (Å²) >= 11 is 0. The number of nitrogens with one attached hydrogen (secondary N) is 1. The van der Waals surface area contributed by atoms with Crippen molar-refractivity contribution in [2.24, 2.45) is 13.0 Å². The molecule has 1 aliphatic rings. The highest BCUT2D eigenvalue weighted by Gasteiger charge is 2.15. The first-order valence-corrected chi connectivity index (χ1v) is 8.74. The highest BCUT2D eigenvalue weighted by atomic mass is 16.5. The lowest BCUT2D eigenvalue weighted by molar-refractivity contribution is 0.406. The normalized spacial score (nSPS) is 17.5. The molecule has 6 heteroatoms. The minimum Gasteiger partial charge on any atom is -0.442 e. The Bertz CT molecular complexity index is 958. The number of fused-ring (bicyclic) bond motifs is 1. The van der Waals surface area contributed by atoms with Crippen LogP contribution in [0.3, 0.4) is 0 Å². The van der Waals surface area contributed by atoms with E-state index in [9.17, 15) is 0 Å². The zero-order valence-corrected chi connectivity index (χ0v) is 15.6. The largest absolute Gasteiger partial charge is 0.442 e. The van der Waals surface area contributed by atoms with E-state index >= 15 is 0 Å². The van der Waals surface area contributed by atoms with Crippen LogP contribution in [0.2, 0.25) is 0 Å². The van der Waals surface area contributed by atoms with Crippen molar-refractivity contribution in [3.63, 3.8) is 0 Å². The van der Waals surface area contributed by atoms with E-state index in [4.69, 9.17) is 10.00 Å². The Balaban J connectivity index is 1.94. The van der Waals surface area contributed by atoms with Crippen molar-refractivity contribution < 1.29 is 4.74 Å². The summed E-state index contributed by atoms with van der Waals surface area (Å²) < 4.78 is 8.03. The molecule has 1 atom stereocenters. The predicted octanol–water partition coefficient (Wildman–Crippen LogP) is 4.45. The molecule has 1 unspecified atom stereocenters. The van der Waals surface area contributed by atoms with Crippen molar-refractivity contribution in [3.8, 4) is 11.9 Å². The molecular weight excluding hydrogens is 326 g/mol. The highest BCUT2D eigenvalue weighted by molar-refractivity contribution is 5.82. The number of nitriles is 1. The highest BCUT2D eigenvalue weighted by Crippen LogP contribution is 2.28. The number of hydrogen-bond donors (Lipinski definition) is 1. The van der Waals surface area contributed by atoms with Gasteiger partial charge >= 0.3 is 0 Å². The maximum Gasteiger partial charge on any atom is 0.248 e. The number of anilines is 1. The van der Waals surface area contributed by atoms with Gasteiger partial charge in [0.15, 0.2) is 0 Å². The molecule has 0 aromatic carbocycles. The standard InChI is InChI=1S/C20H23N5O/c1-5-13(2)14(3)26-19-18-17(10-11-25(18)4)23-20(24-19)22-16-8-6-15(12-21)7-9-16/h6,8-11,15H,5,7H2,1-4H3,(H,22,23,24)/b14-13+. The summed E-state index contributed by atoms with van der Waals surface area (Å²) in [5, 5.41) is 12.2. The van der Waals surface area contributed by atoms with Crippen LogP contribution in [-0.2, 0) is 7.05 Å². The first-order valence-electron chi connectivity index (χ1n) is 8.74. The molecule has 0 saturated heterocycles. The Hall–Kier alpha value is -3.07. The zero-order valence-electron chi connectivity index (χ0n) is 15.6. The van der Waals surface area contributed by atoms with Gasteiger partial charge in [-0.15, -0.1) is 0 Å². The van der Waals surface area contributed by atoms with Crippen molar-refractivity contribution in [2.45, 2.75) is 33.6 Å². The van der Waals surface area contributed by atoms with Gasteiger partial charge in [-0.3, -0.25) is 0 Å². The second kappa shape index (κ2) is 7.44. The smallest absolute Gasteiger partial charge is 0.248 e. The third-order valence-electron chi connectivity index (χ3n) is 4.59. The lowest BCUT2D eigenvalue weighted by Crippen LogP contribution is -2.08. The van der Waals surface area contributed by atoms with Crippen LogP contribution >= 0.6 is 0 Å². The molecule has 2 aromatic rings. The van der Waals surface area contributed by atoms with Crippen LogP contribution in [0.15, 0.2) is 47.5 Å². The third-order valence-corrected chi connectivity index (χ3v) is 4.59. The summed E-state index contributed by atoms with van der Waals surface area (Å²) in [5.74, 6) is 1.80. The van der Waals surface area contributed by atoms with Gasteiger partial charge in [-0.2, -0.15) is 10.2 Å². The van der Waals surface area contributed by atoms with Gasteiger partial charge in [0, 0.05) is 18.9 Å². The average Bonchev–Trinajstić information content (AvgIpc) is 3.02. The number of rotatable bonds is 5. The van der Waals surface area contributed by atoms with Gasteiger partial charge in [-0.1, -0.05) is 19.1 Å². The number of ether oxygens (including phenoxy) is 1. The number of aromatic nitrogens is 3. The van der Waals surface area contributed by atoms with Gasteiger partial charge in [-0.25, -0.2) is 4.98 Å². The van der Waals surface area contributed by atoms with Crippen LogP contribution in [0, 0.1) is 17.2 Å². The molecule has 26 heavy (non-hydrogen) atoms. The summed E-state index contributed by atoms with van der Waals surface area (Å²) in [5.41, 5.74) is 3.74. The summed E-state index contributed by atoms with van der Waals surface area (Å²) in [6, 6.07) is 4.19. The van der Waals surface area contributed by atoms with E-state index in [1.165, 1.54) is 5.57 Å². The van der Waals surface area contributed by atoms with Gasteiger partial charge < -0.3 is 14.6 Å². The molecule has 3 rings (SSSR count). The van der Waals surface area contributed by atoms with E-state index in [0.717, 1.165) is 28.9 Å². The molecule has 0 radical (unpaired) electrons. The van der Waals surface area contributed by atoms with E-state index in [1.54, 1.807) is 0 Å². The molecule has 0 fully saturated rings. The molecule has 0 aliphatic heterocycles. The fourth-order valence-electron chi connectivity index (χ4n) is 2.70. The van der Waals surface area contributed by atoms with E-state index in [2.05, 4.69) is 35.2 Å². The van der Waals surface area contributed by atoms with Crippen LogP contribution in [-0.4, -0.2) is 14.5 Å². The van der Waals surface area contributed by atoms with E-state index in [1.807, 2.05) is 49.0 Å². The summed E-state index contributed by atoms with van der Waals surface area (Å²) in [6.07, 6.45) is 9.32. The molecule has 2 aromatic heterocycles. The second-order valence-electron chi connectivity index (χ2n) is 6.42. The first kappa shape index (κ1) is 17.7. The van der Waals surface area contributed by atoms with Gasteiger partial charge in [0.25, 0.3) is 0 Å². The van der Waals surface area contributed by atoms with Crippen LogP contribution < -0.4 is 10.1 Å². The van der Waals surface area contributed by atoms with Crippen LogP contribution in [0.25, 0.3) is 11.0 Å². The first-order chi connectivity index (χ1) is 12.5. The van der Waals surface area contributed by atoms with E-state index in [-0.39, 0.29) is 5.92 Å². The second-order valence-corrected chi connectivity index (χ2v) is 6.42. The molecule has 0 bridgehead atoms. The Kier molecular flexibility index (Phi) is 5.08. The quantitative estimate of drug-likeness (QED) is 0.807. The number of allylic oxidation sites excluding steroid dienone is 5. The van der Waals surface area contributed by atoms with Gasteiger partial charge in [0.2, 0.25) is 11.8 Å². The zero-order chi connectivity index (χ0) is 18.7. The molecule has 1 N–H and O–H groups in total. The molecular formula is C20H23N5O. The fraction of sp³-hybridized carbons (Fsp3) is 0.350. The van der Waals surface area contributed by atoms with Crippen molar-refractivity contribution >= 4 is 17.0 Å². The SMILES string of the molecule is CC/C(C)=C(\C)Oc1nc(NC2=CCC(C#N)C=C2)nc2ccn(C)c12. The van der Waals surface area contributed by atoms with Gasteiger partial charge in [0.05, 0.1) is 17.5 Å². The maximum atomic E-state index is 8.97. The van der Waals surface area contributed by atoms with Crippen molar-refractivity contribution in [1.82, 2.24) is 14.5 Å². The molecule has 0 amide bonds. The maximum absolute atomic E-state index is 8.97. The average molecular weight is 349 g/mol. The summed E-state index contributed by atoms with van der Waals surface area (Å²) in [4.78, 5) is 9.17. The molecule has 1 aliphatic carbocycles. The molecule has 2 heterocycles. The van der Waals surface area contributed by atoms with Gasteiger partial charge in [0.1, 0.15) is 11.3 Å². The minimum absolute atomic E-state index is 0.0678. The number of hydrogen-bond acceptors (Lipinski definition) is 5. The lowest BCUT2D eigenvalue weighted by atomic mass is 10.0. The number of nitrogens with zero attached hydrogens (tertiary/aromatic N) is 4. The van der Waals surface area contributed by atoms with Crippen molar-refractivity contribution in [2.75, 3.05) is 5.32 Å². The van der Waals surface area contributed by atoms with Gasteiger partial charge in [-0.05, 0) is 44.4 Å². The van der Waals surface area contributed by atoms with Crippen molar-refractivity contribution in [3.05, 3.63) is 47.5 Å². The Labute approximate surface area is 153 Å². The Morgan fingerprint density at radius 2 is 2.23 bits per heavy atom. The molecule has 0 spiro atoms. The Morgan fingerprint density at radius 3 is 2.88 bits per heavy atom. The van der Waals surface area contributed by atoms with E-state index < -0.39 is 0 Å². The van der Waals surface area contributed by atoms with Crippen LogP contribution in [0.1, 0.15) is 33.6 Å². The summed E-state index contributed by atoms with van der Waals surface area (Å²) in [7, 11) is 1.95. The van der Waals surface area contributed by atoms with Crippen molar-refractivity contribution in [1.29, 1.82) is 5.26 Å². The molecule has 0 saturated carbocycles. The monoisotopic (exact) mass is 349 g/mol. The molecule has 134 valence electrons. The topological polar surface area (TPSA) is 75.8 Å². The fourth-order valence-corrected chi connectivity index (χ4v) is 2.70. The van der Waals surface area contributed by atoms with Crippen LogP contribution in [0.4, 0.5) is 5.95 Å². The predicted molar refractivity (Wildman–Crippen MR) is 102 cm³/mol.